The van der Waals surface area contributed by atoms with E-state index < -0.39 is 20.3 Å². The minimum absolute atomic E-state index is 0.287. The predicted octanol–water partition coefficient (Wildman–Crippen LogP) is 2.65. The summed E-state index contributed by atoms with van der Waals surface area (Å²) in [7, 11) is -3.40. The minimum atomic E-state index is -3.40. The van der Waals surface area contributed by atoms with Crippen molar-refractivity contribution in [3.05, 3.63) is 65.2 Å². The third-order valence-corrected chi connectivity index (χ3v) is 7.75. The lowest BCUT2D eigenvalue weighted by Gasteiger charge is -2.09. The molecule has 7 heteroatoms. The monoisotopic (exact) mass is 373 g/mol. The highest BCUT2D eigenvalue weighted by molar-refractivity contribution is 8.15. The molecule has 2 aliphatic heterocycles. The molecule has 25 heavy (non-hydrogen) atoms. The zero-order valence-electron chi connectivity index (χ0n) is 13.1. The van der Waals surface area contributed by atoms with Crippen molar-refractivity contribution in [1.82, 2.24) is 5.32 Å². The molecule has 1 saturated heterocycles. The number of nitrogens with one attached hydrogen (secondary N) is 1. The summed E-state index contributed by atoms with van der Waals surface area (Å²) < 4.78 is 25.6. The minimum Gasteiger partial charge on any atom is -0.286 e. The lowest BCUT2D eigenvalue weighted by Crippen LogP contribution is -2.25. The molecular formula is C18H15NO4S2. The Kier molecular flexibility index (Phi) is 3.92. The number of imide groups is 1. The Morgan fingerprint density at radius 3 is 2.52 bits per heavy atom. The normalized spacial score (nSPS) is 24.2. The van der Waals surface area contributed by atoms with Crippen LogP contribution in [0.15, 0.2) is 53.4 Å². The Bertz CT molecular complexity index is 970. The van der Waals surface area contributed by atoms with E-state index in [9.17, 15) is 18.0 Å². The quantitative estimate of drug-likeness (QED) is 0.895. The molecule has 0 saturated carbocycles. The van der Waals surface area contributed by atoms with Gasteiger partial charge in [-0.3, -0.25) is 14.9 Å². The summed E-state index contributed by atoms with van der Waals surface area (Å²) in [5, 5.41) is 0.924. The number of thioether (sulfide) groups is 1. The van der Waals surface area contributed by atoms with E-state index >= 15 is 0 Å². The second kappa shape index (κ2) is 6.00. The van der Waals surface area contributed by atoms with Crippen molar-refractivity contribution < 1.29 is 18.0 Å². The number of benzene rings is 2. The number of carbonyl (C=O) groups is 2. The maximum absolute atomic E-state index is 12.8. The summed E-state index contributed by atoms with van der Waals surface area (Å²) in [5.74, 6) is -0.287. The van der Waals surface area contributed by atoms with Gasteiger partial charge < -0.3 is 0 Å². The highest BCUT2D eigenvalue weighted by Crippen LogP contribution is 2.41. The van der Waals surface area contributed by atoms with Crippen LogP contribution in [0.4, 0.5) is 4.79 Å². The molecule has 2 atom stereocenters. The lowest BCUT2D eigenvalue weighted by atomic mass is 10.0. The van der Waals surface area contributed by atoms with Crippen molar-refractivity contribution in [2.75, 3.05) is 0 Å². The molecule has 2 aliphatic rings. The van der Waals surface area contributed by atoms with Crippen LogP contribution in [-0.4, -0.2) is 24.8 Å². The van der Waals surface area contributed by atoms with Gasteiger partial charge in [0.25, 0.3) is 5.24 Å². The average molecular weight is 373 g/mol. The molecule has 4 rings (SSSR count). The number of hydrogen-bond donors (Lipinski definition) is 1. The molecule has 0 radical (unpaired) electrons. The van der Waals surface area contributed by atoms with Crippen LogP contribution in [0.3, 0.4) is 0 Å². The van der Waals surface area contributed by atoms with Crippen molar-refractivity contribution in [3.8, 4) is 0 Å². The smallest absolute Gasteiger partial charge is 0.286 e. The first-order chi connectivity index (χ1) is 11.9. The van der Waals surface area contributed by atoms with Gasteiger partial charge in [0.2, 0.25) is 5.91 Å². The van der Waals surface area contributed by atoms with Gasteiger partial charge in [-0.15, -0.1) is 0 Å². The van der Waals surface area contributed by atoms with E-state index in [1.54, 1.807) is 12.1 Å². The summed E-state index contributed by atoms with van der Waals surface area (Å²) in [6, 6.07) is 14.4. The molecule has 0 aliphatic carbocycles. The fourth-order valence-corrected chi connectivity index (χ4v) is 6.21. The first-order valence-electron chi connectivity index (χ1n) is 7.87. The molecule has 5 nitrogen and oxygen atoms in total. The van der Waals surface area contributed by atoms with Crippen LogP contribution < -0.4 is 5.32 Å². The number of rotatable bonds is 3. The molecule has 2 aromatic carbocycles. The van der Waals surface area contributed by atoms with Crippen LogP contribution in [0.2, 0.25) is 0 Å². The fourth-order valence-electron chi connectivity index (χ4n) is 3.37. The van der Waals surface area contributed by atoms with Gasteiger partial charge in [0.15, 0.2) is 9.84 Å². The highest BCUT2D eigenvalue weighted by Gasteiger charge is 2.38. The van der Waals surface area contributed by atoms with Gasteiger partial charge in [0.1, 0.15) is 0 Å². The molecule has 0 spiro atoms. The van der Waals surface area contributed by atoms with Gasteiger partial charge in [-0.25, -0.2) is 8.42 Å². The van der Waals surface area contributed by atoms with Crippen LogP contribution in [0.1, 0.15) is 21.9 Å². The first-order valence-corrected chi connectivity index (χ1v) is 10.3. The van der Waals surface area contributed by atoms with Gasteiger partial charge >= 0.3 is 0 Å². The molecule has 1 N–H and O–H groups in total. The molecule has 2 unspecified atom stereocenters. The van der Waals surface area contributed by atoms with Crippen LogP contribution in [0.25, 0.3) is 0 Å². The third kappa shape index (κ3) is 2.87. The molecule has 2 aromatic rings. The van der Waals surface area contributed by atoms with Gasteiger partial charge in [0, 0.05) is 0 Å². The number of carbonyl (C=O) groups excluding carboxylic acids is 2. The van der Waals surface area contributed by atoms with Gasteiger partial charge in [-0.2, -0.15) is 0 Å². The summed E-state index contributed by atoms with van der Waals surface area (Å²) in [4.78, 5) is 23.4. The third-order valence-electron chi connectivity index (χ3n) is 4.57. The van der Waals surface area contributed by atoms with E-state index in [4.69, 9.17) is 0 Å². The summed E-state index contributed by atoms with van der Waals surface area (Å²) >= 11 is 0.981. The second-order valence-corrected chi connectivity index (χ2v) is 9.45. The Labute approximate surface area is 149 Å². The van der Waals surface area contributed by atoms with Gasteiger partial charge in [0.05, 0.1) is 15.4 Å². The Balaban J connectivity index is 1.63. The Morgan fingerprint density at radius 1 is 1.08 bits per heavy atom. The van der Waals surface area contributed by atoms with E-state index in [2.05, 4.69) is 5.32 Å². The van der Waals surface area contributed by atoms with Crippen LogP contribution in [0, 0.1) is 0 Å². The molecule has 1 fully saturated rings. The molecule has 0 aromatic heterocycles. The van der Waals surface area contributed by atoms with E-state index in [-0.39, 0.29) is 11.1 Å². The topological polar surface area (TPSA) is 80.3 Å². The second-order valence-electron chi connectivity index (χ2n) is 6.18. The van der Waals surface area contributed by atoms with Gasteiger partial charge in [-0.1, -0.05) is 54.2 Å². The van der Waals surface area contributed by atoms with Crippen LogP contribution in [-0.2, 0) is 27.5 Å². The van der Waals surface area contributed by atoms with Crippen molar-refractivity contribution in [1.29, 1.82) is 0 Å². The average Bonchev–Trinajstić information content (AvgIpc) is 3.04. The predicted molar refractivity (Wildman–Crippen MR) is 95.1 cm³/mol. The molecular weight excluding hydrogens is 358 g/mol. The van der Waals surface area contributed by atoms with Crippen molar-refractivity contribution in [3.63, 3.8) is 0 Å². The zero-order chi connectivity index (χ0) is 17.6. The highest BCUT2D eigenvalue weighted by atomic mass is 32.2. The number of amides is 2. The fraction of sp³-hybridized carbons (Fsp3) is 0.222. The van der Waals surface area contributed by atoms with Crippen molar-refractivity contribution in [2.45, 2.75) is 28.2 Å². The van der Waals surface area contributed by atoms with E-state index in [1.165, 1.54) is 0 Å². The van der Waals surface area contributed by atoms with E-state index in [0.29, 0.717) is 17.7 Å². The summed E-state index contributed by atoms with van der Waals surface area (Å²) in [6.45, 7) is 0. The van der Waals surface area contributed by atoms with Crippen molar-refractivity contribution in [2.24, 2.45) is 0 Å². The van der Waals surface area contributed by atoms with Crippen LogP contribution in [0.5, 0.6) is 0 Å². The number of fused-ring (bicyclic) bond motifs is 1. The SMILES string of the molecule is O=C1NC(=O)C(Cc2ccc3c(c2)CC(c2ccccc2)S3(=O)=O)S1. The van der Waals surface area contributed by atoms with Crippen LogP contribution >= 0.6 is 11.8 Å². The maximum Gasteiger partial charge on any atom is 0.286 e. The lowest BCUT2D eigenvalue weighted by molar-refractivity contribution is -0.118. The largest absolute Gasteiger partial charge is 0.286 e. The number of hydrogen-bond acceptors (Lipinski definition) is 5. The van der Waals surface area contributed by atoms with E-state index in [0.717, 1.165) is 28.5 Å². The molecule has 2 heterocycles. The first kappa shape index (κ1) is 16.4. The molecule has 2 amide bonds. The summed E-state index contributed by atoms with van der Waals surface area (Å²) in [6.07, 6.45) is 0.837. The zero-order valence-corrected chi connectivity index (χ0v) is 14.8. The Hall–Kier alpha value is -2.12. The maximum atomic E-state index is 12.8. The molecule has 128 valence electrons. The van der Waals surface area contributed by atoms with Crippen molar-refractivity contribution >= 4 is 32.7 Å². The Morgan fingerprint density at radius 2 is 1.84 bits per heavy atom. The molecule has 0 bridgehead atoms. The number of sulfone groups is 1. The summed E-state index contributed by atoms with van der Waals surface area (Å²) in [5.41, 5.74) is 2.43. The van der Waals surface area contributed by atoms with E-state index in [1.807, 2.05) is 36.4 Å². The van der Waals surface area contributed by atoms with Gasteiger partial charge in [-0.05, 0) is 35.6 Å². The standard InChI is InChI=1S/C18H15NO4S2/c20-17-14(24-18(21)19-17)9-11-6-7-15-13(8-11)10-16(25(15,22)23)12-4-2-1-3-5-12/h1-8,14,16H,9-10H2,(H,19,20,21).